The fourth-order valence-electron chi connectivity index (χ4n) is 3.75. The van der Waals surface area contributed by atoms with Crippen LogP contribution in [0.2, 0.25) is 10.0 Å². The first-order valence-corrected chi connectivity index (χ1v) is 10.0. The monoisotopic (exact) mass is 430 g/mol. The summed E-state index contributed by atoms with van der Waals surface area (Å²) in [6.07, 6.45) is 2.94. The number of carbonyl (C=O) groups excluding carboxylic acids is 1. The van der Waals surface area contributed by atoms with Gasteiger partial charge in [-0.25, -0.2) is 0 Å². The summed E-state index contributed by atoms with van der Waals surface area (Å²) in [5, 5.41) is 2.01. The van der Waals surface area contributed by atoms with E-state index in [0.29, 0.717) is 27.8 Å². The number of aromatic nitrogens is 1. The standard InChI is InChI=1S/C22H20Cl2N2O3/c1-26(18-10-15(23)19(28-2)11-20(18)29-3)22(27)12-7-8-14-17(9-12)25-16-6-4-5-13(16)21(14)24/h7-11H,4-6H2,1-3H3. The SMILES string of the molecule is COc1cc(OC)c(N(C)C(=O)c2ccc3c(Cl)c4c(nc3c2)CCC4)cc1Cl. The molecule has 0 N–H and O–H groups in total. The van der Waals surface area contributed by atoms with Gasteiger partial charge in [-0.3, -0.25) is 9.78 Å². The van der Waals surface area contributed by atoms with Gasteiger partial charge in [0.1, 0.15) is 11.5 Å². The van der Waals surface area contributed by atoms with Crippen LogP contribution in [-0.2, 0) is 12.8 Å². The summed E-state index contributed by atoms with van der Waals surface area (Å²) in [7, 11) is 4.74. The summed E-state index contributed by atoms with van der Waals surface area (Å²) in [4.78, 5) is 19.4. The Morgan fingerprint density at radius 3 is 2.55 bits per heavy atom. The van der Waals surface area contributed by atoms with Crippen molar-refractivity contribution in [3.63, 3.8) is 0 Å². The van der Waals surface area contributed by atoms with Crippen molar-refractivity contribution in [2.75, 3.05) is 26.2 Å². The van der Waals surface area contributed by atoms with Crippen LogP contribution in [0.15, 0.2) is 30.3 Å². The molecule has 0 spiro atoms. The van der Waals surface area contributed by atoms with Crippen LogP contribution < -0.4 is 14.4 Å². The third-order valence-corrected chi connectivity index (χ3v) is 6.04. The van der Waals surface area contributed by atoms with E-state index in [-0.39, 0.29) is 5.91 Å². The number of methoxy groups -OCH3 is 2. The third kappa shape index (κ3) is 3.38. The molecule has 1 aliphatic carbocycles. The first-order valence-electron chi connectivity index (χ1n) is 9.25. The van der Waals surface area contributed by atoms with E-state index in [1.807, 2.05) is 6.07 Å². The lowest BCUT2D eigenvalue weighted by atomic mass is 10.1. The van der Waals surface area contributed by atoms with Crippen molar-refractivity contribution in [1.82, 2.24) is 4.98 Å². The van der Waals surface area contributed by atoms with E-state index in [1.165, 1.54) is 19.1 Å². The molecule has 4 rings (SSSR count). The highest BCUT2D eigenvalue weighted by atomic mass is 35.5. The lowest BCUT2D eigenvalue weighted by Crippen LogP contribution is -2.26. The van der Waals surface area contributed by atoms with E-state index >= 15 is 0 Å². The van der Waals surface area contributed by atoms with Crippen LogP contribution in [0, 0.1) is 0 Å². The van der Waals surface area contributed by atoms with Crippen molar-refractivity contribution in [2.45, 2.75) is 19.3 Å². The number of amides is 1. The molecule has 5 nitrogen and oxygen atoms in total. The smallest absolute Gasteiger partial charge is 0.258 e. The van der Waals surface area contributed by atoms with E-state index in [0.717, 1.165) is 46.4 Å². The highest BCUT2D eigenvalue weighted by Gasteiger charge is 2.22. The van der Waals surface area contributed by atoms with Crippen LogP contribution >= 0.6 is 23.2 Å². The van der Waals surface area contributed by atoms with Gasteiger partial charge in [0, 0.05) is 29.8 Å². The zero-order valence-corrected chi connectivity index (χ0v) is 17.9. The summed E-state index contributed by atoms with van der Waals surface area (Å²) >= 11 is 12.8. The largest absolute Gasteiger partial charge is 0.495 e. The van der Waals surface area contributed by atoms with Gasteiger partial charge < -0.3 is 14.4 Å². The molecule has 2 aromatic carbocycles. The Hall–Kier alpha value is -2.50. The Morgan fingerprint density at radius 1 is 1.07 bits per heavy atom. The number of pyridine rings is 1. The molecule has 1 aliphatic rings. The number of anilines is 1. The fraction of sp³-hybridized carbons (Fsp3) is 0.273. The molecule has 0 aliphatic heterocycles. The molecular formula is C22H20Cl2N2O3. The summed E-state index contributed by atoms with van der Waals surface area (Å²) < 4.78 is 10.7. The summed E-state index contributed by atoms with van der Waals surface area (Å²) in [5.74, 6) is 0.762. The number of aryl methyl sites for hydroxylation is 1. The maximum absolute atomic E-state index is 13.2. The molecule has 0 fully saturated rings. The normalized spacial score (nSPS) is 12.7. The van der Waals surface area contributed by atoms with Gasteiger partial charge in [-0.15, -0.1) is 0 Å². The van der Waals surface area contributed by atoms with Crippen LogP contribution in [0.4, 0.5) is 5.69 Å². The highest BCUT2D eigenvalue weighted by Crippen LogP contribution is 2.38. The predicted octanol–water partition coefficient (Wildman–Crippen LogP) is 5.32. The van der Waals surface area contributed by atoms with E-state index in [9.17, 15) is 4.79 Å². The molecule has 0 bridgehead atoms. The van der Waals surface area contributed by atoms with Crippen LogP contribution in [-0.4, -0.2) is 32.2 Å². The van der Waals surface area contributed by atoms with Gasteiger partial charge in [0.25, 0.3) is 5.91 Å². The average Bonchev–Trinajstić information content (AvgIpc) is 3.21. The molecule has 0 radical (unpaired) electrons. The molecule has 150 valence electrons. The molecule has 0 unspecified atom stereocenters. The molecule has 29 heavy (non-hydrogen) atoms. The van der Waals surface area contributed by atoms with Gasteiger partial charge in [-0.2, -0.15) is 0 Å². The average molecular weight is 431 g/mol. The minimum atomic E-state index is -0.204. The first-order chi connectivity index (χ1) is 13.9. The van der Waals surface area contributed by atoms with Gasteiger partial charge in [0.15, 0.2) is 0 Å². The number of halogens is 2. The quantitative estimate of drug-likeness (QED) is 0.561. The fourth-order valence-corrected chi connectivity index (χ4v) is 4.35. The van der Waals surface area contributed by atoms with Crippen LogP contribution in [0.3, 0.4) is 0 Å². The Labute approximate surface area is 179 Å². The molecule has 3 aromatic rings. The topological polar surface area (TPSA) is 51.7 Å². The number of hydrogen-bond acceptors (Lipinski definition) is 4. The summed E-state index contributed by atoms with van der Waals surface area (Å²) in [5.41, 5.74) is 3.95. The Bertz CT molecular complexity index is 1130. The van der Waals surface area contributed by atoms with Crippen molar-refractivity contribution in [1.29, 1.82) is 0 Å². The molecule has 0 atom stereocenters. The molecule has 1 heterocycles. The van der Waals surface area contributed by atoms with Crippen molar-refractivity contribution in [2.24, 2.45) is 0 Å². The Kier molecular flexibility index (Phi) is 5.28. The second kappa shape index (κ2) is 7.73. The Balaban J connectivity index is 1.74. The number of nitrogens with zero attached hydrogens (tertiary/aromatic N) is 2. The van der Waals surface area contributed by atoms with Crippen LogP contribution in [0.1, 0.15) is 28.0 Å². The molecule has 7 heteroatoms. The van der Waals surface area contributed by atoms with Crippen molar-refractivity contribution < 1.29 is 14.3 Å². The lowest BCUT2D eigenvalue weighted by molar-refractivity contribution is 0.0992. The molecule has 1 aromatic heterocycles. The number of fused-ring (bicyclic) bond motifs is 2. The number of hydrogen-bond donors (Lipinski definition) is 0. The van der Waals surface area contributed by atoms with Crippen LogP contribution in [0.25, 0.3) is 10.9 Å². The summed E-state index contributed by atoms with van der Waals surface area (Å²) in [6, 6.07) is 8.74. The van der Waals surface area contributed by atoms with E-state index in [4.69, 9.17) is 37.7 Å². The second-order valence-electron chi connectivity index (χ2n) is 6.96. The first kappa shape index (κ1) is 19.8. The second-order valence-corrected chi connectivity index (χ2v) is 7.74. The van der Waals surface area contributed by atoms with Crippen molar-refractivity contribution in [3.8, 4) is 11.5 Å². The number of ether oxygens (including phenoxy) is 2. The van der Waals surface area contributed by atoms with Gasteiger partial charge in [-0.05, 0) is 43.0 Å². The lowest BCUT2D eigenvalue weighted by Gasteiger charge is -2.21. The maximum atomic E-state index is 13.2. The van der Waals surface area contributed by atoms with Crippen LogP contribution in [0.5, 0.6) is 11.5 Å². The van der Waals surface area contributed by atoms with Crippen molar-refractivity contribution >= 4 is 45.7 Å². The van der Waals surface area contributed by atoms with E-state index < -0.39 is 0 Å². The van der Waals surface area contributed by atoms with Gasteiger partial charge >= 0.3 is 0 Å². The summed E-state index contributed by atoms with van der Waals surface area (Å²) in [6.45, 7) is 0. The minimum Gasteiger partial charge on any atom is -0.495 e. The molecule has 0 saturated carbocycles. The van der Waals surface area contributed by atoms with Gasteiger partial charge in [0.2, 0.25) is 0 Å². The highest BCUT2D eigenvalue weighted by molar-refractivity contribution is 6.36. The molecule has 0 saturated heterocycles. The third-order valence-electron chi connectivity index (χ3n) is 5.31. The molecule has 1 amide bonds. The van der Waals surface area contributed by atoms with E-state index in [2.05, 4.69) is 0 Å². The number of benzene rings is 2. The number of rotatable bonds is 4. The maximum Gasteiger partial charge on any atom is 0.258 e. The predicted molar refractivity (Wildman–Crippen MR) is 116 cm³/mol. The zero-order chi connectivity index (χ0) is 20.7. The zero-order valence-electron chi connectivity index (χ0n) is 16.4. The van der Waals surface area contributed by atoms with Crippen molar-refractivity contribution in [3.05, 3.63) is 57.2 Å². The van der Waals surface area contributed by atoms with Gasteiger partial charge in [0.05, 0.1) is 35.5 Å². The number of carbonyl (C=O) groups is 1. The van der Waals surface area contributed by atoms with Gasteiger partial charge in [-0.1, -0.05) is 29.3 Å². The van der Waals surface area contributed by atoms with E-state index in [1.54, 1.807) is 31.3 Å². The molecular weight excluding hydrogens is 411 g/mol. The Morgan fingerprint density at radius 2 is 1.83 bits per heavy atom. The minimum absolute atomic E-state index is 0.204.